The average Bonchev–Trinajstić information content (AvgIpc) is 3.46. The molecule has 4 heteroatoms. The molecule has 4 rings (SSSR count). The van der Waals surface area contributed by atoms with Crippen LogP contribution in [0.4, 0.5) is 0 Å². The van der Waals surface area contributed by atoms with Crippen LogP contribution in [0.25, 0.3) is 11.4 Å². The van der Waals surface area contributed by atoms with Crippen molar-refractivity contribution in [3.63, 3.8) is 0 Å². The minimum atomic E-state index is 0.0829. The second-order valence-corrected chi connectivity index (χ2v) is 12.7. The third kappa shape index (κ3) is 7.00. The van der Waals surface area contributed by atoms with E-state index in [1.807, 2.05) is 6.07 Å². The number of aryl methyl sites for hydroxylation is 1. The van der Waals surface area contributed by atoms with Crippen molar-refractivity contribution in [2.75, 3.05) is 0 Å². The van der Waals surface area contributed by atoms with Crippen molar-refractivity contribution < 1.29 is 0 Å². The van der Waals surface area contributed by atoms with Gasteiger partial charge in [-0.2, -0.15) is 10.2 Å². The van der Waals surface area contributed by atoms with E-state index < -0.39 is 0 Å². The molecule has 0 amide bonds. The third-order valence-corrected chi connectivity index (χ3v) is 6.47. The molecule has 0 atom stereocenters. The molecule has 4 aromatic rings. The quantitative estimate of drug-likeness (QED) is 0.281. The summed E-state index contributed by atoms with van der Waals surface area (Å²) >= 11 is 0. The molecule has 0 aliphatic heterocycles. The van der Waals surface area contributed by atoms with Gasteiger partial charge in [0.25, 0.3) is 0 Å². The van der Waals surface area contributed by atoms with Crippen molar-refractivity contribution in [3.05, 3.63) is 95.1 Å². The van der Waals surface area contributed by atoms with Crippen LogP contribution in [0.3, 0.4) is 0 Å². The van der Waals surface area contributed by atoms with Gasteiger partial charge in [0.2, 0.25) is 0 Å². The predicted molar refractivity (Wildman–Crippen MR) is 157 cm³/mol. The first-order chi connectivity index (χ1) is 17.2. The van der Waals surface area contributed by atoms with Crippen molar-refractivity contribution in [2.45, 2.75) is 98.8 Å². The molecule has 37 heavy (non-hydrogen) atoms. The summed E-state index contributed by atoms with van der Waals surface area (Å²) in [5.74, 6) is 0.929. The second-order valence-electron chi connectivity index (χ2n) is 12.7. The maximum atomic E-state index is 4.82. The molecule has 2 aromatic heterocycles. The summed E-state index contributed by atoms with van der Waals surface area (Å²) in [5, 5.41) is 9.61. The molecule has 0 unspecified atom stereocenters. The van der Waals surface area contributed by atoms with Crippen LogP contribution in [0.5, 0.6) is 0 Å². The average molecular weight is 499 g/mol. The Morgan fingerprint density at radius 3 is 1.30 bits per heavy atom. The normalized spacial score (nSPS) is 12.1. The van der Waals surface area contributed by atoms with E-state index in [1.54, 1.807) is 0 Å². The Morgan fingerprint density at radius 1 is 0.568 bits per heavy atom. The summed E-state index contributed by atoms with van der Waals surface area (Å²) in [6, 6.07) is 23.4. The highest BCUT2D eigenvalue weighted by Crippen LogP contribution is 2.28. The first-order valence-electron chi connectivity index (χ1n) is 13.5. The van der Waals surface area contributed by atoms with Gasteiger partial charge in [0.15, 0.2) is 0 Å². The highest BCUT2D eigenvalue weighted by molar-refractivity contribution is 5.38. The summed E-state index contributed by atoms with van der Waals surface area (Å²) in [7, 11) is 0. The Hall–Kier alpha value is -3.14. The van der Waals surface area contributed by atoms with Crippen LogP contribution in [0.15, 0.2) is 66.7 Å². The van der Waals surface area contributed by atoms with E-state index in [9.17, 15) is 0 Å². The molecule has 2 heterocycles. The maximum absolute atomic E-state index is 4.82. The molecule has 0 saturated carbocycles. The van der Waals surface area contributed by atoms with Crippen molar-refractivity contribution in [3.8, 4) is 11.4 Å². The van der Waals surface area contributed by atoms with Crippen molar-refractivity contribution in [2.24, 2.45) is 0 Å². The molecule has 0 saturated heterocycles. The molecule has 0 N–H and O–H groups in total. The van der Waals surface area contributed by atoms with Gasteiger partial charge in [-0.3, -0.25) is 0 Å². The van der Waals surface area contributed by atoms with Gasteiger partial charge in [-0.1, -0.05) is 105 Å². The molecule has 2 aromatic carbocycles. The van der Waals surface area contributed by atoms with Crippen LogP contribution >= 0.6 is 0 Å². The maximum Gasteiger partial charge on any atom is 0.0685 e. The van der Waals surface area contributed by atoms with E-state index in [0.29, 0.717) is 11.8 Å². The fourth-order valence-electron chi connectivity index (χ4n) is 4.02. The Morgan fingerprint density at radius 2 is 0.946 bits per heavy atom. The highest BCUT2D eigenvalue weighted by Gasteiger charge is 2.22. The predicted octanol–water partition coefficient (Wildman–Crippen LogP) is 8.89. The van der Waals surface area contributed by atoms with Gasteiger partial charge in [0, 0.05) is 22.2 Å². The van der Waals surface area contributed by atoms with Crippen molar-refractivity contribution >= 4 is 0 Å². The summed E-state index contributed by atoms with van der Waals surface area (Å²) in [6.45, 7) is 24.2. The molecule has 0 spiro atoms. The number of aromatic nitrogens is 4. The Balaban J connectivity index is 0.000000206. The molecular weight excluding hydrogens is 452 g/mol. The molecule has 0 aliphatic rings. The van der Waals surface area contributed by atoms with Gasteiger partial charge in [0.1, 0.15) is 0 Å². The smallest absolute Gasteiger partial charge is 0.0685 e. The minimum absolute atomic E-state index is 0.0829. The monoisotopic (exact) mass is 498 g/mol. The first kappa shape index (κ1) is 28.4. The number of benzene rings is 2. The zero-order chi connectivity index (χ0) is 27.5. The number of hydrogen-bond acceptors (Lipinski definition) is 2. The Kier molecular flexibility index (Phi) is 8.52. The lowest BCUT2D eigenvalue weighted by atomic mass is 9.91. The number of para-hydroxylation sites is 1. The SMILES string of the molecule is CC(C)c1cc(C(C)(C)C)nn1-c1ccccc1.Cc1ccc(-n2nc(C(C)(C)C)cc2C(C)C)cc1. The fourth-order valence-corrected chi connectivity index (χ4v) is 4.02. The van der Waals surface area contributed by atoms with Gasteiger partial charge in [0.05, 0.1) is 22.8 Å². The molecule has 4 nitrogen and oxygen atoms in total. The zero-order valence-electron chi connectivity index (χ0n) is 24.8. The molecule has 0 bridgehead atoms. The number of rotatable bonds is 4. The topological polar surface area (TPSA) is 35.6 Å². The standard InChI is InChI=1S/C17H24N2.C16H22N2/c1-12(2)15-11-16(17(4,5)6)18-19(15)14-9-7-13(3)8-10-14;1-12(2)14-11-15(16(3,4)5)17-18(14)13-9-7-6-8-10-13/h7-12H,1-6H3;6-12H,1-5H3. The van der Waals surface area contributed by atoms with Crippen molar-refractivity contribution in [1.29, 1.82) is 0 Å². The van der Waals surface area contributed by atoms with Crippen molar-refractivity contribution in [1.82, 2.24) is 19.6 Å². The summed E-state index contributed by atoms with van der Waals surface area (Å²) in [4.78, 5) is 0. The van der Waals surface area contributed by atoms with Gasteiger partial charge in [-0.05, 0) is 55.2 Å². The van der Waals surface area contributed by atoms with E-state index in [2.05, 4.69) is 146 Å². The lowest BCUT2D eigenvalue weighted by Gasteiger charge is -2.14. The molecule has 198 valence electrons. The van der Waals surface area contributed by atoms with E-state index in [-0.39, 0.29) is 10.8 Å². The van der Waals surface area contributed by atoms with Gasteiger partial charge < -0.3 is 0 Å². The van der Waals surface area contributed by atoms with Gasteiger partial charge in [-0.25, -0.2) is 9.36 Å². The van der Waals surface area contributed by atoms with E-state index >= 15 is 0 Å². The van der Waals surface area contributed by atoms with E-state index in [1.165, 1.54) is 17.0 Å². The molecule has 0 fully saturated rings. The van der Waals surface area contributed by atoms with Crippen LogP contribution in [0.1, 0.15) is 109 Å². The minimum Gasteiger partial charge on any atom is -0.237 e. The van der Waals surface area contributed by atoms with Crippen LogP contribution in [-0.2, 0) is 10.8 Å². The van der Waals surface area contributed by atoms with E-state index in [0.717, 1.165) is 22.8 Å². The summed E-state index contributed by atoms with van der Waals surface area (Å²) in [5.41, 5.74) is 8.56. The lowest BCUT2D eigenvalue weighted by molar-refractivity contribution is 0.559. The van der Waals surface area contributed by atoms with Crippen LogP contribution < -0.4 is 0 Å². The van der Waals surface area contributed by atoms with Gasteiger partial charge in [-0.15, -0.1) is 0 Å². The number of nitrogens with zero attached hydrogens (tertiary/aromatic N) is 4. The first-order valence-corrected chi connectivity index (χ1v) is 13.5. The molecule has 0 radical (unpaired) electrons. The van der Waals surface area contributed by atoms with E-state index in [4.69, 9.17) is 10.2 Å². The molecular formula is C33H46N4. The summed E-state index contributed by atoms with van der Waals surface area (Å²) in [6.07, 6.45) is 0. The highest BCUT2D eigenvalue weighted by atomic mass is 15.3. The molecule has 0 aliphatic carbocycles. The fraction of sp³-hybridized carbons (Fsp3) is 0.455. The third-order valence-electron chi connectivity index (χ3n) is 6.47. The number of hydrogen-bond donors (Lipinski definition) is 0. The Bertz CT molecular complexity index is 1280. The van der Waals surface area contributed by atoms with Crippen LogP contribution in [0.2, 0.25) is 0 Å². The van der Waals surface area contributed by atoms with Crippen LogP contribution in [-0.4, -0.2) is 19.6 Å². The van der Waals surface area contributed by atoms with Crippen LogP contribution in [0, 0.1) is 6.92 Å². The van der Waals surface area contributed by atoms with Gasteiger partial charge >= 0.3 is 0 Å². The second kappa shape index (κ2) is 11.1. The lowest BCUT2D eigenvalue weighted by Crippen LogP contribution is -2.12. The Labute approximate surface area is 224 Å². The largest absolute Gasteiger partial charge is 0.237 e. The summed E-state index contributed by atoms with van der Waals surface area (Å²) < 4.78 is 4.16. The zero-order valence-corrected chi connectivity index (χ0v) is 24.8.